The highest BCUT2D eigenvalue weighted by atomic mass is 79.9. The molecule has 4 aromatic rings. The van der Waals surface area contributed by atoms with Gasteiger partial charge in [-0.1, -0.05) is 69.5 Å². The second-order valence-electron chi connectivity index (χ2n) is 8.05. The standard InChI is InChI=1S/C29H22BrClN2O4/c1-19-5-4-6-21(15-19)29(35)37-26-14-11-23(30)16-22(26)17-32-33-28(34)25-7-2-3-8-27(25)36-18-20-9-12-24(31)13-10-20/h2-17H,18H2,1H3,(H,33,34)/b32-17+. The number of rotatable bonds is 8. The van der Waals surface area contributed by atoms with Gasteiger partial charge in [0.05, 0.1) is 17.3 Å². The van der Waals surface area contributed by atoms with Crippen molar-refractivity contribution < 1.29 is 19.1 Å². The number of amides is 1. The Bertz CT molecular complexity index is 1450. The fourth-order valence-electron chi connectivity index (χ4n) is 3.39. The number of hydrogen-bond donors (Lipinski definition) is 1. The van der Waals surface area contributed by atoms with Crippen molar-refractivity contribution in [1.82, 2.24) is 5.43 Å². The summed E-state index contributed by atoms with van der Waals surface area (Å²) >= 11 is 9.34. The highest BCUT2D eigenvalue weighted by Crippen LogP contribution is 2.24. The molecule has 0 heterocycles. The summed E-state index contributed by atoms with van der Waals surface area (Å²) in [5.74, 6) is -0.215. The number of carbonyl (C=O) groups excluding carboxylic acids is 2. The molecule has 6 nitrogen and oxygen atoms in total. The largest absolute Gasteiger partial charge is 0.488 e. The van der Waals surface area contributed by atoms with Crippen molar-refractivity contribution in [3.8, 4) is 11.5 Å². The molecule has 4 aromatic carbocycles. The van der Waals surface area contributed by atoms with Crippen LogP contribution in [0.4, 0.5) is 0 Å². The molecule has 0 unspecified atom stereocenters. The second kappa shape index (κ2) is 12.3. The topological polar surface area (TPSA) is 77.0 Å². The van der Waals surface area contributed by atoms with Crippen molar-refractivity contribution >= 4 is 45.6 Å². The van der Waals surface area contributed by atoms with Crippen molar-refractivity contribution in [2.75, 3.05) is 0 Å². The molecule has 4 rings (SSSR count). The minimum atomic E-state index is -0.489. The lowest BCUT2D eigenvalue weighted by Crippen LogP contribution is -2.19. The number of esters is 1. The predicted molar refractivity (Wildman–Crippen MR) is 148 cm³/mol. The molecule has 186 valence electrons. The van der Waals surface area contributed by atoms with Gasteiger partial charge in [0.1, 0.15) is 18.1 Å². The van der Waals surface area contributed by atoms with Gasteiger partial charge < -0.3 is 9.47 Å². The van der Waals surface area contributed by atoms with E-state index < -0.39 is 11.9 Å². The van der Waals surface area contributed by atoms with Crippen LogP contribution in [0.5, 0.6) is 11.5 Å². The fourth-order valence-corrected chi connectivity index (χ4v) is 3.89. The molecule has 0 spiro atoms. The average molecular weight is 578 g/mol. The summed E-state index contributed by atoms with van der Waals surface area (Å²) < 4.78 is 12.2. The number of para-hydroxylation sites is 1. The van der Waals surface area contributed by atoms with Gasteiger partial charge >= 0.3 is 5.97 Å². The maximum atomic E-state index is 12.8. The van der Waals surface area contributed by atoms with Crippen molar-refractivity contribution in [3.63, 3.8) is 0 Å². The number of aryl methyl sites for hydroxylation is 1. The summed E-state index contributed by atoms with van der Waals surface area (Å²) in [6, 6.07) is 26.4. The molecule has 0 aliphatic rings. The van der Waals surface area contributed by atoms with Gasteiger partial charge in [-0.15, -0.1) is 0 Å². The van der Waals surface area contributed by atoms with E-state index in [1.165, 1.54) is 6.21 Å². The zero-order valence-corrected chi connectivity index (χ0v) is 22.1. The van der Waals surface area contributed by atoms with Gasteiger partial charge in [-0.2, -0.15) is 5.10 Å². The van der Waals surface area contributed by atoms with Crippen molar-refractivity contribution in [3.05, 3.63) is 128 Å². The van der Waals surface area contributed by atoms with Gasteiger partial charge in [-0.3, -0.25) is 4.79 Å². The Balaban J connectivity index is 1.44. The highest BCUT2D eigenvalue weighted by molar-refractivity contribution is 9.10. The number of hydrogen-bond acceptors (Lipinski definition) is 5. The van der Waals surface area contributed by atoms with Crippen LogP contribution in [0.15, 0.2) is 101 Å². The highest BCUT2D eigenvalue weighted by Gasteiger charge is 2.14. The van der Waals surface area contributed by atoms with Crippen LogP contribution in [0.3, 0.4) is 0 Å². The van der Waals surface area contributed by atoms with E-state index in [9.17, 15) is 9.59 Å². The molecule has 0 fully saturated rings. The first-order chi connectivity index (χ1) is 17.9. The first kappa shape index (κ1) is 26.1. The van der Waals surface area contributed by atoms with E-state index >= 15 is 0 Å². The van der Waals surface area contributed by atoms with E-state index in [0.717, 1.165) is 15.6 Å². The summed E-state index contributed by atoms with van der Waals surface area (Å²) in [7, 11) is 0. The molecule has 0 radical (unpaired) electrons. The monoisotopic (exact) mass is 576 g/mol. The van der Waals surface area contributed by atoms with Crippen LogP contribution < -0.4 is 14.9 Å². The minimum Gasteiger partial charge on any atom is -0.488 e. The van der Waals surface area contributed by atoms with Crippen molar-refractivity contribution in [2.45, 2.75) is 13.5 Å². The van der Waals surface area contributed by atoms with Crippen LogP contribution in [-0.2, 0) is 6.61 Å². The van der Waals surface area contributed by atoms with Crippen LogP contribution in [0.2, 0.25) is 5.02 Å². The Morgan fingerprint density at radius 1 is 0.946 bits per heavy atom. The number of nitrogens with one attached hydrogen (secondary N) is 1. The summed E-state index contributed by atoms with van der Waals surface area (Å²) in [6.07, 6.45) is 1.42. The summed E-state index contributed by atoms with van der Waals surface area (Å²) in [6.45, 7) is 2.18. The van der Waals surface area contributed by atoms with Gasteiger partial charge in [0.2, 0.25) is 0 Å². The van der Waals surface area contributed by atoms with Gasteiger partial charge in [0.15, 0.2) is 0 Å². The minimum absolute atomic E-state index is 0.276. The lowest BCUT2D eigenvalue weighted by Gasteiger charge is -2.11. The first-order valence-electron chi connectivity index (χ1n) is 11.3. The Morgan fingerprint density at radius 3 is 2.51 bits per heavy atom. The molecule has 0 bridgehead atoms. The van der Waals surface area contributed by atoms with E-state index in [4.69, 9.17) is 21.1 Å². The molecule has 0 aromatic heterocycles. The van der Waals surface area contributed by atoms with E-state index in [-0.39, 0.29) is 6.61 Å². The Labute approximate surface area is 228 Å². The van der Waals surface area contributed by atoms with Gasteiger partial charge in [0.25, 0.3) is 5.91 Å². The van der Waals surface area contributed by atoms with Crippen LogP contribution in [-0.4, -0.2) is 18.1 Å². The number of ether oxygens (including phenoxy) is 2. The number of halogens is 2. The lowest BCUT2D eigenvalue weighted by molar-refractivity contribution is 0.0734. The van der Waals surface area contributed by atoms with Gasteiger partial charge in [0, 0.05) is 15.1 Å². The van der Waals surface area contributed by atoms with Crippen LogP contribution in [0.25, 0.3) is 0 Å². The number of benzene rings is 4. The lowest BCUT2D eigenvalue weighted by atomic mass is 10.1. The summed E-state index contributed by atoms with van der Waals surface area (Å²) in [5.41, 5.74) is 5.65. The van der Waals surface area contributed by atoms with Crippen LogP contribution in [0.1, 0.15) is 37.4 Å². The smallest absolute Gasteiger partial charge is 0.343 e. The average Bonchev–Trinajstić information content (AvgIpc) is 2.90. The van der Waals surface area contributed by atoms with Crippen LogP contribution in [0, 0.1) is 6.92 Å². The third-order valence-electron chi connectivity index (χ3n) is 5.24. The normalized spacial score (nSPS) is 10.8. The molecule has 0 atom stereocenters. The Hall–Kier alpha value is -3.94. The molecule has 0 saturated heterocycles. The zero-order valence-electron chi connectivity index (χ0n) is 19.8. The van der Waals surface area contributed by atoms with Gasteiger partial charge in [-0.05, 0) is 67.1 Å². The molecule has 1 N–H and O–H groups in total. The number of hydrazone groups is 1. The molecule has 8 heteroatoms. The fraction of sp³-hybridized carbons (Fsp3) is 0.0690. The predicted octanol–water partition coefficient (Wildman–Crippen LogP) is 6.97. The zero-order chi connectivity index (χ0) is 26.2. The van der Waals surface area contributed by atoms with E-state index in [1.54, 1.807) is 72.8 Å². The Kier molecular flexibility index (Phi) is 8.72. The summed E-state index contributed by atoms with van der Waals surface area (Å²) in [4.78, 5) is 25.5. The second-order valence-corrected chi connectivity index (χ2v) is 9.40. The first-order valence-corrected chi connectivity index (χ1v) is 12.4. The molecule has 0 aliphatic carbocycles. The molecule has 0 saturated carbocycles. The maximum Gasteiger partial charge on any atom is 0.343 e. The molecular weight excluding hydrogens is 556 g/mol. The van der Waals surface area contributed by atoms with E-state index in [0.29, 0.717) is 33.2 Å². The summed E-state index contributed by atoms with van der Waals surface area (Å²) in [5, 5.41) is 4.71. The van der Waals surface area contributed by atoms with E-state index in [2.05, 4.69) is 26.5 Å². The third-order valence-corrected chi connectivity index (χ3v) is 5.98. The van der Waals surface area contributed by atoms with Crippen molar-refractivity contribution in [2.24, 2.45) is 5.10 Å². The van der Waals surface area contributed by atoms with Gasteiger partial charge in [-0.25, -0.2) is 10.2 Å². The molecular formula is C29H22BrClN2O4. The Morgan fingerprint density at radius 2 is 1.73 bits per heavy atom. The molecule has 1 amide bonds. The number of nitrogens with zero attached hydrogens (tertiary/aromatic N) is 1. The molecule has 37 heavy (non-hydrogen) atoms. The van der Waals surface area contributed by atoms with Crippen LogP contribution >= 0.6 is 27.5 Å². The van der Waals surface area contributed by atoms with Crippen molar-refractivity contribution in [1.29, 1.82) is 0 Å². The SMILES string of the molecule is Cc1cccc(C(=O)Oc2ccc(Br)cc2/C=N/NC(=O)c2ccccc2OCc2ccc(Cl)cc2)c1. The number of carbonyl (C=O) groups is 2. The third kappa shape index (κ3) is 7.29. The molecule has 0 aliphatic heterocycles. The van der Waals surface area contributed by atoms with E-state index in [1.807, 2.05) is 25.1 Å². The quantitative estimate of drug-likeness (QED) is 0.106. The maximum absolute atomic E-state index is 12.8.